The molecule has 2 amide bonds. The first-order valence-corrected chi connectivity index (χ1v) is 8.46. The van der Waals surface area contributed by atoms with Crippen LogP contribution in [0.1, 0.15) is 38.2 Å². The molecule has 0 saturated carbocycles. The van der Waals surface area contributed by atoms with Crippen LogP contribution in [0.25, 0.3) is 0 Å². The predicted molar refractivity (Wildman–Crippen MR) is 94.1 cm³/mol. The average Bonchev–Trinajstić information content (AvgIpc) is 3.08. The van der Waals surface area contributed by atoms with Crippen LogP contribution in [0.4, 0.5) is 0 Å². The molecule has 0 radical (unpaired) electrons. The fraction of sp³-hybridized carbons (Fsp3) is 0.400. The molecule has 1 unspecified atom stereocenters. The van der Waals surface area contributed by atoms with Gasteiger partial charge in [-0.15, -0.1) is 6.58 Å². The number of allylic oxidation sites excluding steroid dienone is 2. The van der Waals surface area contributed by atoms with Crippen molar-refractivity contribution in [2.75, 3.05) is 6.54 Å². The first-order valence-electron chi connectivity index (χ1n) is 8.46. The molecule has 126 valence electrons. The lowest BCUT2D eigenvalue weighted by atomic mass is 9.74. The van der Waals surface area contributed by atoms with Gasteiger partial charge < -0.3 is 10.2 Å². The number of carbonyl (C=O) groups is 2. The second-order valence-electron chi connectivity index (χ2n) is 7.14. The Morgan fingerprint density at radius 1 is 1.29 bits per heavy atom. The van der Waals surface area contributed by atoms with Crippen LogP contribution >= 0.6 is 0 Å². The summed E-state index contributed by atoms with van der Waals surface area (Å²) in [6, 6.07) is 9.73. The topological polar surface area (TPSA) is 49.4 Å². The number of nitrogens with zero attached hydrogens (tertiary/aromatic N) is 1. The van der Waals surface area contributed by atoms with Gasteiger partial charge in [-0.25, -0.2) is 0 Å². The molecule has 2 fully saturated rings. The zero-order valence-corrected chi connectivity index (χ0v) is 14.3. The van der Waals surface area contributed by atoms with Crippen LogP contribution < -0.4 is 5.32 Å². The minimum atomic E-state index is -0.294. The lowest BCUT2D eigenvalue weighted by Gasteiger charge is -2.34. The molecule has 24 heavy (non-hydrogen) atoms. The molecule has 1 N–H and O–H groups in total. The maximum Gasteiger partial charge on any atom is 0.270 e. The first kappa shape index (κ1) is 16.5. The van der Waals surface area contributed by atoms with Crippen molar-refractivity contribution in [2.45, 2.75) is 38.6 Å². The van der Waals surface area contributed by atoms with Crippen molar-refractivity contribution in [3.8, 4) is 0 Å². The summed E-state index contributed by atoms with van der Waals surface area (Å²) in [5.41, 5.74) is 1.24. The minimum absolute atomic E-state index is 0.0467. The Bertz CT molecular complexity index is 691. The lowest BCUT2D eigenvalue weighted by molar-refractivity contribution is -0.140. The maximum atomic E-state index is 12.8. The number of rotatable bonds is 4. The number of benzene rings is 1. The summed E-state index contributed by atoms with van der Waals surface area (Å²) in [5.74, 6) is -0.186. The number of nitrogens with one attached hydrogen (secondary N) is 1. The second kappa shape index (κ2) is 6.27. The average molecular weight is 324 g/mol. The summed E-state index contributed by atoms with van der Waals surface area (Å²) in [6.45, 7) is 8.78. The molecular formula is C20H24N2O2. The summed E-state index contributed by atoms with van der Waals surface area (Å²) in [6.07, 6.45) is 5.43. The Morgan fingerprint density at radius 2 is 2.00 bits per heavy atom. The number of piperazine rings is 1. The molecule has 0 bridgehead atoms. The van der Waals surface area contributed by atoms with E-state index in [1.165, 1.54) is 0 Å². The molecule has 0 spiro atoms. The highest BCUT2D eigenvalue weighted by Crippen LogP contribution is 2.38. The normalized spacial score (nSPS) is 23.8. The molecular weight excluding hydrogens is 300 g/mol. The van der Waals surface area contributed by atoms with Gasteiger partial charge in [0.05, 0.1) is 0 Å². The molecule has 1 aromatic rings. The third-order valence-corrected chi connectivity index (χ3v) is 5.12. The van der Waals surface area contributed by atoms with E-state index in [0.29, 0.717) is 12.2 Å². The molecule has 0 aliphatic carbocycles. The zero-order valence-electron chi connectivity index (χ0n) is 14.3. The Labute approximate surface area is 143 Å². The van der Waals surface area contributed by atoms with Crippen LogP contribution in [0.15, 0.2) is 54.8 Å². The summed E-state index contributed by atoms with van der Waals surface area (Å²) < 4.78 is 0. The van der Waals surface area contributed by atoms with Gasteiger partial charge in [0.15, 0.2) is 0 Å². The quantitative estimate of drug-likeness (QED) is 0.684. The van der Waals surface area contributed by atoms with Gasteiger partial charge in [-0.2, -0.15) is 0 Å². The van der Waals surface area contributed by atoms with E-state index in [1.54, 1.807) is 4.90 Å². The molecule has 0 aromatic heterocycles. The van der Waals surface area contributed by atoms with E-state index in [-0.39, 0.29) is 29.2 Å². The minimum Gasteiger partial charge on any atom is -0.325 e. The largest absolute Gasteiger partial charge is 0.325 e. The van der Waals surface area contributed by atoms with Gasteiger partial charge >= 0.3 is 0 Å². The Kier molecular flexibility index (Phi) is 4.31. The van der Waals surface area contributed by atoms with Gasteiger partial charge in [0.2, 0.25) is 5.91 Å². The molecule has 2 saturated heterocycles. The maximum absolute atomic E-state index is 12.8. The van der Waals surface area contributed by atoms with Gasteiger partial charge in [-0.05, 0) is 29.9 Å². The smallest absolute Gasteiger partial charge is 0.270 e. The van der Waals surface area contributed by atoms with Crippen molar-refractivity contribution < 1.29 is 9.59 Å². The first-order chi connectivity index (χ1) is 11.4. The van der Waals surface area contributed by atoms with Gasteiger partial charge in [0.25, 0.3) is 5.91 Å². The van der Waals surface area contributed by atoms with E-state index in [9.17, 15) is 9.59 Å². The van der Waals surface area contributed by atoms with E-state index < -0.39 is 0 Å². The molecule has 1 aromatic carbocycles. The summed E-state index contributed by atoms with van der Waals surface area (Å²) in [4.78, 5) is 26.8. The van der Waals surface area contributed by atoms with Crippen LogP contribution in [-0.4, -0.2) is 29.3 Å². The number of carbonyl (C=O) groups excluding carboxylic acids is 2. The lowest BCUT2D eigenvalue weighted by Crippen LogP contribution is -2.54. The van der Waals surface area contributed by atoms with E-state index in [2.05, 4.69) is 25.7 Å². The van der Waals surface area contributed by atoms with E-state index in [4.69, 9.17) is 0 Å². The highest BCUT2D eigenvalue weighted by molar-refractivity contribution is 6.04. The molecule has 4 heteroatoms. The van der Waals surface area contributed by atoms with E-state index >= 15 is 0 Å². The van der Waals surface area contributed by atoms with Crippen LogP contribution in [0, 0.1) is 5.41 Å². The van der Waals surface area contributed by atoms with Crippen molar-refractivity contribution in [2.24, 2.45) is 5.41 Å². The third kappa shape index (κ3) is 2.88. The van der Waals surface area contributed by atoms with E-state index in [0.717, 1.165) is 18.4 Å². The van der Waals surface area contributed by atoms with Crippen LogP contribution in [0.5, 0.6) is 0 Å². The van der Waals surface area contributed by atoms with Crippen molar-refractivity contribution in [3.63, 3.8) is 0 Å². The van der Waals surface area contributed by atoms with Gasteiger partial charge in [-0.3, -0.25) is 9.59 Å². The van der Waals surface area contributed by atoms with Crippen molar-refractivity contribution in [1.29, 1.82) is 0 Å². The SMILES string of the molecule is C=CC(C)(C)C(/C=C1\NC(=O)[C@@H]2CCCN2C1=O)c1ccccc1. The molecule has 3 rings (SSSR count). The van der Waals surface area contributed by atoms with Crippen molar-refractivity contribution in [3.05, 3.63) is 60.3 Å². The van der Waals surface area contributed by atoms with Gasteiger partial charge in [-0.1, -0.05) is 50.3 Å². The molecule has 2 aliphatic rings. The van der Waals surface area contributed by atoms with Gasteiger partial charge in [0, 0.05) is 12.5 Å². The zero-order chi connectivity index (χ0) is 17.3. The van der Waals surface area contributed by atoms with Crippen LogP contribution in [-0.2, 0) is 9.59 Å². The Hall–Kier alpha value is -2.36. The predicted octanol–water partition coefficient (Wildman–Crippen LogP) is 2.99. The fourth-order valence-corrected chi connectivity index (χ4v) is 3.51. The Balaban J connectivity index is 2.00. The van der Waals surface area contributed by atoms with Crippen molar-refractivity contribution >= 4 is 11.8 Å². The molecule has 2 atom stereocenters. The molecule has 2 heterocycles. The summed E-state index contributed by atoms with van der Waals surface area (Å²) >= 11 is 0. The van der Waals surface area contributed by atoms with Crippen LogP contribution in [0.3, 0.4) is 0 Å². The Morgan fingerprint density at radius 3 is 2.67 bits per heavy atom. The highest BCUT2D eigenvalue weighted by Gasteiger charge is 2.41. The fourth-order valence-electron chi connectivity index (χ4n) is 3.51. The highest BCUT2D eigenvalue weighted by atomic mass is 16.2. The number of hydrogen-bond donors (Lipinski definition) is 1. The standard InChI is InChI=1S/C20H24N2O2/c1-4-20(2,3)15(14-9-6-5-7-10-14)13-16-19(24)22-12-8-11-17(22)18(23)21-16/h4-7,9-10,13,15,17H,1,8,11-12H2,2-3H3,(H,21,23)/b16-13-/t15?,17-/m0/s1. The third-order valence-electron chi connectivity index (χ3n) is 5.12. The number of fused-ring (bicyclic) bond motifs is 1. The number of hydrogen-bond acceptors (Lipinski definition) is 2. The monoisotopic (exact) mass is 324 g/mol. The van der Waals surface area contributed by atoms with Crippen molar-refractivity contribution in [1.82, 2.24) is 10.2 Å². The molecule has 2 aliphatic heterocycles. The summed E-state index contributed by atoms with van der Waals surface area (Å²) in [5, 5.41) is 2.83. The molecule has 4 nitrogen and oxygen atoms in total. The summed E-state index contributed by atoms with van der Waals surface area (Å²) in [7, 11) is 0. The second-order valence-corrected chi connectivity index (χ2v) is 7.14. The number of amides is 2. The van der Waals surface area contributed by atoms with E-state index in [1.807, 2.05) is 42.5 Å². The van der Waals surface area contributed by atoms with Crippen LogP contribution in [0.2, 0.25) is 0 Å². The van der Waals surface area contributed by atoms with Gasteiger partial charge in [0.1, 0.15) is 11.7 Å².